The van der Waals surface area contributed by atoms with E-state index in [0.717, 1.165) is 0 Å². The highest BCUT2D eigenvalue weighted by Crippen LogP contribution is 2.23. The summed E-state index contributed by atoms with van der Waals surface area (Å²) in [7, 11) is 0. The molecule has 0 aliphatic heterocycles. The van der Waals surface area contributed by atoms with E-state index < -0.39 is 89.6 Å². The van der Waals surface area contributed by atoms with Crippen LogP contribution in [0.2, 0.25) is 0 Å². The monoisotopic (exact) mass is 522 g/mol. The lowest BCUT2D eigenvalue weighted by Gasteiger charge is -2.19. The Morgan fingerprint density at radius 1 is 0.486 bits per heavy atom. The summed E-state index contributed by atoms with van der Waals surface area (Å²) in [6, 6.07) is 0. The van der Waals surface area contributed by atoms with E-state index in [-0.39, 0.29) is 0 Å². The number of hydrogen-bond acceptors (Lipinski definition) is 19. The van der Waals surface area contributed by atoms with Crippen molar-refractivity contribution in [1.29, 1.82) is 0 Å². The Bertz CT molecular complexity index is 774. The fourth-order valence-electron chi connectivity index (χ4n) is 2.29. The first-order valence-corrected chi connectivity index (χ1v) is 8.02. The molecule has 0 rings (SSSR count). The van der Waals surface area contributed by atoms with Crippen molar-refractivity contribution in [3.05, 3.63) is 80.9 Å². The number of ether oxygens (including phenoxy) is 1. The average Bonchev–Trinajstić information content (AvgIpc) is 2.66. The molecule has 0 aromatic rings. The largest absolute Gasteiger partial charge is 0.702 e. The maximum atomic E-state index is 10.9. The molecule has 0 amide bonds. The lowest BCUT2D eigenvalue weighted by molar-refractivity contribution is -0.973. The molecule has 27 nitrogen and oxygen atoms in total. The minimum Gasteiger partial charge on any atom is -0.377 e. The van der Waals surface area contributed by atoms with Crippen LogP contribution >= 0.6 is 0 Å². The third-order valence-electron chi connectivity index (χ3n) is 3.84. The normalized spacial score (nSPS) is 13.0. The minimum absolute atomic E-state index is 1.46. The summed E-state index contributed by atoms with van der Waals surface area (Å²) in [5, 5.41) is 83.3. The van der Waals surface area contributed by atoms with Crippen LogP contribution in [-0.4, -0.2) is 76.7 Å². The lowest BCUT2D eigenvalue weighted by atomic mass is 10.1. The Labute approximate surface area is 186 Å². The van der Waals surface area contributed by atoms with Crippen molar-refractivity contribution in [1.82, 2.24) is 0 Å². The van der Waals surface area contributed by atoms with E-state index in [1.807, 2.05) is 0 Å². The lowest BCUT2D eigenvalue weighted by Crippen LogP contribution is -2.56. The van der Waals surface area contributed by atoms with Gasteiger partial charge in [-0.25, -0.2) is 0 Å². The van der Waals surface area contributed by atoms with Gasteiger partial charge in [0.2, 0.25) is 0 Å². The van der Waals surface area contributed by atoms with Crippen molar-refractivity contribution in [2.24, 2.45) is 0 Å². The number of hydrogen-bond donors (Lipinski definition) is 0. The molecule has 196 valence electrons. The van der Waals surface area contributed by atoms with Gasteiger partial charge in [0.15, 0.2) is 54.6 Å². The van der Waals surface area contributed by atoms with E-state index in [2.05, 4.69) is 14.4 Å². The Kier molecular flexibility index (Phi) is 9.84. The van der Waals surface area contributed by atoms with E-state index in [1.54, 1.807) is 0 Å². The van der Waals surface area contributed by atoms with Crippen LogP contribution in [-0.2, 0) is 14.4 Å². The van der Waals surface area contributed by atoms with E-state index >= 15 is 0 Å². The molecule has 0 N–H and O–H groups in total. The molecule has 0 heterocycles. The zero-order chi connectivity index (χ0) is 27.7. The highest BCUT2D eigenvalue weighted by atomic mass is 17.0. The molecule has 0 bridgehead atoms. The van der Waals surface area contributed by atoms with Gasteiger partial charge in [0.25, 0.3) is 10.2 Å². The summed E-state index contributed by atoms with van der Waals surface area (Å²) in [5.74, 6) is -8.59. The first-order chi connectivity index (χ1) is 15.9. The molecular formula is C8H10N8O19. The summed E-state index contributed by atoms with van der Waals surface area (Å²) in [6.07, 6.45) is -8.95. The van der Waals surface area contributed by atoms with Crippen LogP contribution in [0.4, 0.5) is 0 Å². The van der Waals surface area contributed by atoms with Crippen molar-refractivity contribution < 1.29 is 54.1 Å². The molecule has 27 heteroatoms. The second kappa shape index (κ2) is 11.6. The van der Waals surface area contributed by atoms with Crippen molar-refractivity contribution in [2.75, 3.05) is 13.2 Å². The van der Waals surface area contributed by atoms with Gasteiger partial charge >= 0.3 is 11.6 Å². The maximum Gasteiger partial charge on any atom is 0.702 e. The first-order valence-electron chi connectivity index (χ1n) is 8.02. The van der Waals surface area contributed by atoms with Crippen LogP contribution in [0.3, 0.4) is 0 Å². The highest BCUT2D eigenvalue weighted by molar-refractivity contribution is 4.67. The summed E-state index contributed by atoms with van der Waals surface area (Å²) < 4.78 is 4.54. The fourth-order valence-corrected chi connectivity index (χ4v) is 2.29. The van der Waals surface area contributed by atoms with Gasteiger partial charge in [-0.05, 0) is 0 Å². The van der Waals surface area contributed by atoms with Gasteiger partial charge < -0.3 is 14.4 Å². The van der Waals surface area contributed by atoms with Crippen LogP contribution < -0.4 is 0 Å². The van der Waals surface area contributed by atoms with Gasteiger partial charge in [-0.1, -0.05) is 0 Å². The van der Waals surface area contributed by atoms with E-state index in [1.165, 1.54) is 0 Å². The predicted molar refractivity (Wildman–Crippen MR) is 91.2 cm³/mol. The summed E-state index contributed by atoms with van der Waals surface area (Å²) in [4.78, 5) is 82.2. The summed E-state index contributed by atoms with van der Waals surface area (Å²) in [5.41, 5.74) is 0. The van der Waals surface area contributed by atoms with E-state index in [4.69, 9.17) is 0 Å². The van der Waals surface area contributed by atoms with Crippen LogP contribution in [0.25, 0.3) is 0 Å². The number of nitro groups is 6. The van der Waals surface area contributed by atoms with Crippen molar-refractivity contribution in [3.63, 3.8) is 0 Å². The van der Waals surface area contributed by atoms with Crippen LogP contribution in [0.15, 0.2) is 0 Å². The van der Waals surface area contributed by atoms with Gasteiger partial charge in [-0.2, -0.15) is 0 Å². The second-order valence-corrected chi connectivity index (χ2v) is 5.94. The topological polar surface area (TPSA) is 373 Å². The number of nitrogens with zero attached hydrogens (tertiary/aromatic N) is 8. The Morgan fingerprint density at radius 3 is 0.886 bits per heavy atom. The molecule has 0 aromatic carbocycles. The minimum atomic E-state index is -4.29. The molecule has 0 aliphatic carbocycles. The quantitative estimate of drug-likeness (QED) is 0.106. The molecule has 2 atom stereocenters. The summed E-state index contributed by atoms with van der Waals surface area (Å²) >= 11 is 0. The standard InChI is InChI=1S/C8H10N8O19/c17-9(18)7(10(19)20,11(21)22)1-5(34-15(29)30)3-33-4-6(35-16(31)32)2-8(12(23)24,13(25)26)14(27)28/h5-6H,1-4H2. The Hall–Kier alpha value is -5.24. The Morgan fingerprint density at radius 2 is 0.714 bits per heavy atom. The van der Waals surface area contributed by atoms with Crippen molar-refractivity contribution in [2.45, 2.75) is 36.6 Å². The van der Waals surface area contributed by atoms with E-state index in [0.29, 0.717) is 0 Å². The fraction of sp³-hybridized carbons (Fsp3) is 1.00. The molecule has 0 radical (unpaired) electrons. The first kappa shape index (κ1) is 29.8. The predicted octanol–water partition coefficient (Wildman–Crippen LogP) is -2.10. The van der Waals surface area contributed by atoms with Crippen molar-refractivity contribution in [3.8, 4) is 0 Å². The van der Waals surface area contributed by atoms with Crippen LogP contribution in [0, 0.1) is 80.9 Å². The molecule has 0 spiro atoms. The second-order valence-electron chi connectivity index (χ2n) is 5.94. The van der Waals surface area contributed by atoms with E-state index in [9.17, 15) is 80.9 Å². The van der Waals surface area contributed by atoms with Gasteiger partial charge in [0.1, 0.15) is 0 Å². The van der Waals surface area contributed by atoms with Gasteiger partial charge in [-0.3, -0.25) is 60.7 Å². The molecule has 0 saturated heterocycles. The molecule has 35 heavy (non-hydrogen) atoms. The third-order valence-corrected chi connectivity index (χ3v) is 3.84. The van der Waals surface area contributed by atoms with Crippen molar-refractivity contribution >= 4 is 0 Å². The summed E-state index contributed by atoms with van der Waals surface area (Å²) in [6.45, 7) is -2.92. The molecule has 2 unspecified atom stereocenters. The SMILES string of the molecule is O=[N+]([O-])OC(COCC(CC([N+](=O)[O-])([N+](=O)[O-])[N+](=O)[O-])O[N+](=O)[O-])CC([N+](=O)[O-])([N+](=O)[O-])[N+](=O)[O-]. The highest BCUT2D eigenvalue weighted by Gasteiger charge is 2.72. The molecular weight excluding hydrogens is 512 g/mol. The Balaban J connectivity index is 5.89. The van der Waals surface area contributed by atoms with Crippen LogP contribution in [0.5, 0.6) is 0 Å². The average molecular weight is 522 g/mol. The van der Waals surface area contributed by atoms with Gasteiger partial charge in [-0.15, -0.1) is 20.2 Å². The zero-order valence-electron chi connectivity index (χ0n) is 16.3. The molecule has 0 aliphatic rings. The molecule has 0 aromatic heterocycles. The zero-order valence-corrected chi connectivity index (χ0v) is 16.3. The third kappa shape index (κ3) is 6.87. The van der Waals surface area contributed by atoms with Crippen LogP contribution in [0.1, 0.15) is 12.8 Å². The maximum absolute atomic E-state index is 10.9. The molecule has 0 fully saturated rings. The van der Waals surface area contributed by atoms with Gasteiger partial charge in [0.05, 0.1) is 13.2 Å². The smallest absolute Gasteiger partial charge is 0.377 e. The van der Waals surface area contributed by atoms with Gasteiger partial charge in [0, 0.05) is 0 Å². The number of rotatable bonds is 18. The molecule has 0 saturated carbocycles.